The van der Waals surface area contributed by atoms with Crippen molar-refractivity contribution in [2.45, 2.75) is 56.9 Å². The molecule has 1 unspecified atom stereocenters. The summed E-state index contributed by atoms with van der Waals surface area (Å²) in [6.45, 7) is 8.33. The molecule has 0 saturated carbocycles. The number of hydrogen-bond acceptors (Lipinski definition) is 5. The molecular weight excluding hydrogens is 450 g/mol. The Hall–Kier alpha value is -1.86. The van der Waals surface area contributed by atoms with Crippen LogP contribution in [-0.4, -0.2) is 21.0 Å². The number of carbonyl (C=O) groups is 1. The summed E-state index contributed by atoms with van der Waals surface area (Å²) in [6, 6.07) is 7.83. The number of fused-ring (bicyclic) bond motifs is 1. The first kappa shape index (κ1) is 20.4. The van der Waals surface area contributed by atoms with E-state index in [4.69, 9.17) is 4.98 Å². The van der Waals surface area contributed by atoms with E-state index in [9.17, 15) is 9.59 Å². The number of Topliss-reactive ketones (excluding diaryl/α,β-unsaturated/α-hetero) is 1. The van der Waals surface area contributed by atoms with Gasteiger partial charge in [0.2, 0.25) is 0 Å². The summed E-state index contributed by atoms with van der Waals surface area (Å²) in [7, 11) is 0. The van der Waals surface area contributed by atoms with Gasteiger partial charge in [0.05, 0.1) is 5.56 Å². The third kappa shape index (κ3) is 3.94. The molecule has 152 valence electrons. The molecule has 0 saturated heterocycles. The Morgan fingerprint density at radius 2 is 2.00 bits per heavy atom. The summed E-state index contributed by atoms with van der Waals surface area (Å²) in [5.74, 6) is 0.238. The van der Waals surface area contributed by atoms with Crippen LogP contribution in [-0.2, 0) is 4.79 Å². The van der Waals surface area contributed by atoms with Crippen molar-refractivity contribution in [3.8, 4) is 0 Å². The molecule has 1 aromatic carbocycles. The first-order valence-electron chi connectivity index (χ1n) is 9.74. The van der Waals surface area contributed by atoms with E-state index in [1.54, 1.807) is 0 Å². The molecule has 1 aliphatic heterocycles. The maximum atomic E-state index is 13.2. The first-order valence-corrected chi connectivity index (χ1v) is 11.4. The van der Waals surface area contributed by atoms with Crippen LogP contribution in [0.3, 0.4) is 0 Å². The topological polar surface area (TPSA) is 74.8 Å². The van der Waals surface area contributed by atoms with E-state index in [0.29, 0.717) is 33.8 Å². The lowest BCUT2D eigenvalue weighted by atomic mass is 9.69. The van der Waals surface area contributed by atoms with Crippen molar-refractivity contribution >= 4 is 39.3 Å². The van der Waals surface area contributed by atoms with Crippen molar-refractivity contribution in [3.05, 3.63) is 61.5 Å². The summed E-state index contributed by atoms with van der Waals surface area (Å²) >= 11 is 5.04. The number of benzene rings is 1. The third-order valence-electron chi connectivity index (χ3n) is 5.23. The number of halogens is 1. The summed E-state index contributed by atoms with van der Waals surface area (Å²) < 4.78 is 0.914. The van der Waals surface area contributed by atoms with Gasteiger partial charge in [-0.15, -0.1) is 0 Å². The molecule has 0 spiro atoms. The van der Waals surface area contributed by atoms with Crippen LogP contribution in [0, 0.1) is 5.41 Å². The van der Waals surface area contributed by atoms with Gasteiger partial charge in [-0.2, -0.15) is 0 Å². The van der Waals surface area contributed by atoms with Crippen LogP contribution in [0.4, 0.5) is 5.82 Å². The highest BCUT2D eigenvalue weighted by Gasteiger charge is 2.42. The minimum Gasteiger partial charge on any atom is -0.343 e. The highest BCUT2D eigenvalue weighted by Crippen LogP contribution is 2.47. The summed E-state index contributed by atoms with van der Waals surface area (Å²) in [5.41, 5.74) is 2.70. The van der Waals surface area contributed by atoms with Gasteiger partial charge in [0.1, 0.15) is 5.82 Å². The smallest absolute Gasteiger partial charge is 0.257 e. The molecule has 1 aliphatic carbocycles. The number of nitrogens with one attached hydrogen (secondary N) is 2. The second kappa shape index (κ2) is 7.43. The van der Waals surface area contributed by atoms with Gasteiger partial charge in [-0.05, 0) is 29.5 Å². The van der Waals surface area contributed by atoms with Gasteiger partial charge in [-0.3, -0.25) is 9.59 Å². The summed E-state index contributed by atoms with van der Waals surface area (Å²) in [6.07, 6.45) is 1.22. The van der Waals surface area contributed by atoms with Crippen molar-refractivity contribution in [3.63, 3.8) is 0 Å². The Labute approximate surface area is 182 Å². The number of H-pyrrole nitrogens is 1. The Morgan fingerprint density at radius 1 is 1.24 bits per heavy atom. The average molecular weight is 474 g/mol. The standard InChI is InChI=1S/C22H24BrN3O2S/c1-11(2)29-21-25-19-18(20(28)26-21)16(12-6-5-7-13(23)8-12)17-14(24-19)9-22(3,4)10-15(17)27/h5-8,11,16H,9-10H2,1-4H3,(H2,24,25,26,28). The predicted molar refractivity (Wildman–Crippen MR) is 121 cm³/mol. The molecule has 0 fully saturated rings. The van der Waals surface area contributed by atoms with Crippen molar-refractivity contribution < 1.29 is 4.79 Å². The number of nitrogens with zero attached hydrogens (tertiary/aromatic N) is 1. The maximum Gasteiger partial charge on any atom is 0.257 e. The lowest BCUT2D eigenvalue weighted by Crippen LogP contribution is -2.37. The minimum atomic E-state index is -0.420. The zero-order chi connectivity index (χ0) is 20.9. The van der Waals surface area contributed by atoms with Crippen molar-refractivity contribution in [1.82, 2.24) is 9.97 Å². The van der Waals surface area contributed by atoms with Gasteiger partial charge in [0.25, 0.3) is 5.56 Å². The maximum absolute atomic E-state index is 13.2. The van der Waals surface area contributed by atoms with Crippen LogP contribution in [0.2, 0.25) is 0 Å². The molecule has 0 bridgehead atoms. The number of anilines is 1. The molecule has 2 aromatic rings. The van der Waals surface area contributed by atoms with Crippen LogP contribution < -0.4 is 10.9 Å². The molecule has 2 heterocycles. The van der Waals surface area contributed by atoms with E-state index < -0.39 is 5.92 Å². The average Bonchev–Trinajstić information content (AvgIpc) is 2.58. The van der Waals surface area contributed by atoms with Gasteiger partial charge in [-0.25, -0.2) is 4.98 Å². The van der Waals surface area contributed by atoms with E-state index >= 15 is 0 Å². The van der Waals surface area contributed by atoms with Crippen molar-refractivity contribution in [2.24, 2.45) is 5.41 Å². The van der Waals surface area contributed by atoms with E-state index in [1.165, 1.54) is 11.8 Å². The van der Waals surface area contributed by atoms with Gasteiger partial charge >= 0.3 is 0 Å². The normalized spacial score (nSPS) is 20.3. The van der Waals surface area contributed by atoms with Gasteiger partial charge in [0, 0.05) is 33.3 Å². The molecule has 1 aromatic heterocycles. The number of allylic oxidation sites excluding steroid dienone is 2. The zero-order valence-electron chi connectivity index (χ0n) is 16.9. The van der Waals surface area contributed by atoms with Crippen LogP contribution in [0.15, 0.2) is 50.0 Å². The molecule has 5 nitrogen and oxygen atoms in total. The van der Waals surface area contributed by atoms with E-state index in [1.807, 2.05) is 24.3 Å². The highest BCUT2D eigenvalue weighted by atomic mass is 79.9. The van der Waals surface area contributed by atoms with Crippen LogP contribution in [0.1, 0.15) is 57.6 Å². The molecular formula is C22H24BrN3O2S. The molecule has 2 N–H and O–H groups in total. The van der Waals surface area contributed by atoms with Gasteiger partial charge in [0.15, 0.2) is 10.9 Å². The lowest BCUT2D eigenvalue weighted by Gasteiger charge is -2.38. The van der Waals surface area contributed by atoms with E-state index in [2.05, 4.69) is 53.9 Å². The molecule has 0 amide bonds. The Bertz CT molecular complexity index is 1090. The van der Waals surface area contributed by atoms with Gasteiger partial charge < -0.3 is 10.3 Å². The first-order chi connectivity index (χ1) is 13.6. The quantitative estimate of drug-likeness (QED) is 0.471. The second-order valence-electron chi connectivity index (χ2n) is 8.75. The SMILES string of the molecule is CC(C)Sc1nc2c(c(=O)[nH]1)C(c1cccc(Br)c1)C1=C(CC(C)(C)CC1=O)N2. The number of aromatic amines is 1. The Kier molecular flexibility index (Phi) is 5.23. The summed E-state index contributed by atoms with van der Waals surface area (Å²) in [5, 5.41) is 4.25. The predicted octanol–water partition coefficient (Wildman–Crippen LogP) is 5.23. The monoisotopic (exact) mass is 473 g/mol. The largest absolute Gasteiger partial charge is 0.343 e. The van der Waals surface area contributed by atoms with Crippen molar-refractivity contribution in [1.29, 1.82) is 0 Å². The molecule has 4 rings (SSSR count). The second-order valence-corrected chi connectivity index (χ2v) is 11.2. The third-order valence-corrected chi connectivity index (χ3v) is 6.61. The number of carbonyl (C=O) groups excluding carboxylic acids is 1. The van der Waals surface area contributed by atoms with E-state index in [-0.39, 0.29) is 16.8 Å². The number of hydrogen-bond donors (Lipinski definition) is 2. The Morgan fingerprint density at radius 3 is 2.69 bits per heavy atom. The van der Waals surface area contributed by atoms with Crippen molar-refractivity contribution in [2.75, 3.05) is 5.32 Å². The number of aromatic nitrogens is 2. The fraction of sp³-hybridized carbons (Fsp3) is 0.409. The minimum absolute atomic E-state index is 0.0967. The molecule has 1 atom stereocenters. The van der Waals surface area contributed by atoms with Crippen LogP contribution >= 0.6 is 27.7 Å². The molecule has 2 aliphatic rings. The zero-order valence-corrected chi connectivity index (χ0v) is 19.3. The number of rotatable bonds is 3. The molecule has 7 heteroatoms. The fourth-order valence-corrected chi connectivity index (χ4v) is 5.35. The molecule has 0 radical (unpaired) electrons. The van der Waals surface area contributed by atoms with Crippen LogP contribution in [0.5, 0.6) is 0 Å². The summed E-state index contributed by atoms with van der Waals surface area (Å²) in [4.78, 5) is 34.0. The van der Waals surface area contributed by atoms with Crippen LogP contribution in [0.25, 0.3) is 0 Å². The fourth-order valence-electron chi connectivity index (χ4n) is 4.19. The van der Waals surface area contributed by atoms with Gasteiger partial charge in [-0.1, -0.05) is 67.5 Å². The molecule has 29 heavy (non-hydrogen) atoms. The number of thioether (sulfide) groups is 1. The highest BCUT2D eigenvalue weighted by molar-refractivity contribution is 9.10. The lowest BCUT2D eigenvalue weighted by molar-refractivity contribution is -0.118. The number of ketones is 1. The Balaban J connectivity index is 1.94. The van der Waals surface area contributed by atoms with E-state index in [0.717, 1.165) is 22.2 Å².